The second-order valence-electron chi connectivity index (χ2n) is 6.91. The summed E-state index contributed by atoms with van der Waals surface area (Å²) >= 11 is 0. The van der Waals surface area contributed by atoms with Crippen molar-refractivity contribution in [3.05, 3.63) is 48.0 Å². The van der Waals surface area contributed by atoms with Gasteiger partial charge in [0.15, 0.2) is 0 Å². The molecule has 2 rings (SSSR count). The number of carbonyl (C=O) groups excluding carboxylic acids is 2. The normalized spacial score (nSPS) is 17.9. The Hall–Kier alpha value is -2.58. The van der Waals surface area contributed by atoms with Crippen molar-refractivity contribution in [1.29, 1.82) is 0 Å². The molecule has 5 heteroatoms. The van der Waals surface area contributed by atoms with Crippen LogP contribution in [0.25, 0.3) is 0 Å². The zero-order valence-electron chi connectivity index (χ0n) is 16.5. The average Bonchev–Trinajstić information content (AvgIpc) is 2.70. The largest absolute Gasteiger partial charge is 0.469 e. The molecular weight excluding hydrogens is 354 g/mol. The predicted molar refractivity (Wildman–Crippen MR) is 108 cm³/mol. The minimum atomic E-state index is -0.578. The molecule has 1 saturated heterocycles. The van der Waals surface area contributed by atoms with Crippen LogP contribution in [0.15, 0.2) is 42.5 Å². The zero-order valence-corrected chi connectivity index (χ0v) is 16.5. The average molecular weight is 383 g/mol. The van der Waals surface area contributed by atoms with E-state index in [2.05, 4.69) is 16.6 Å². The third kappa shape index (κ3) is 7.58. The number of amides is 1. The van der Waals surface area contributed by atoms with E-state index in [1.807, 2.05) is 36.4 Å². The summed E-state index contributed by atoms with van der Waals surface area (Å²) in [6, 6.07) is 9.81. The standard InChI is InChI=1S/C23H29NO4/c1-28-23(27)14-7-2-3-8-17-24-20(12-9-13-22(24)26)15-16-21(25)18-19-10-5-4-6-11-19/h4-6,10-11,15-16,20-21,25H,2,7,9,12-14,17-18H2,1H3/b16-15+/t20?,21-/m0/s1. The number of carbonyl (C=O) groups is 2. The number of nitrogens with zero attached hydrogens (tertiary/aromatic N) is 1. The van der Waals surface area contributed by atoms with Crippen LogP contribution < -0.4 is 0 Å². The molecule has 0 aliphatic carbocycles. The maximum Gasteiger partial charge on any atom is 0.305 e. The van der Waals surface area contributed by atoms with E-state index < -0.39 is 6.10 Å². The van der Waals surface area contributed by atoms with Gasteiger partial charge in [-0.05, 0) is 24.8 Å². The molecule has 5 nitrogen and oxygen atoms in total. The monoisotopic (exact) mass is 383 g/mol. The molecule has 2 atom stereocenters. The second-order valence-corrected chi connectivity index (χ2v) is 6.91. The van der Waals surface area contributed by atoms with Crippen LogP contribution in [0.4, 0.5) is 0 Å². The number of hydrogen-bond acceptors (Lipinski definition) is 4. The fourth-order valence-electron chi connectivity index (χ4n) is 3.19. The highest BCUT2D eigenvalue weighted by Crippen LogP contribution is 2.19. The van der Waals surface area contributed by atoms with Gasteiger partial charge in [-0.1, -0.05) is 48.4 Å². The Labute approximate surface area is 167 Å². The lowest BCUT2D eigenvalue weighted by atomic mass is 9.99. The summed E-state index contributed by atoms with van der Waals surface area (Å²) in [6.45, 7) is 0.376. The highest BCUT2D eigenvalue weighted by Gasteiger charge is 2.25. The maximum atomic E-state index is 12.3. The third-order valence-corrected chi connectivity index (χ3v) is 4.74. The first-order valence-electron chi connectivity index (χ1n) is 9.82. The van der Waals surface area contributed by atoms with E-state index in [0.717, 1.165) is 18.4 Å². The lowest BCUT2D eigenvalue weighted by Crippen LogP contribution is -2.42. The second kappa shape index (κ2) is 12.0. The van der Waals surface area contributed by atoms with Gasteiger partial charge in [-0.2, -0.15) is 0 Å². The molecule has 0 spiro atoms. The van der Waals surface area contributed by atoms with Crippen molar-refractivity contribution < 1.29 is 19.4 Å². The molecule has 0 saturated carbocycles. The molecule has 1 amide bonds. The molecule has 1 unspecified atom stereocenters. The molecule has 150 valence electrons. The number of esters is 1. The summed E-state index contributed by atoms with van der Waals surface area (Å²) in [5.41, 5.74) is 1.08. The van der Waals surface area contributed by atoms with Crippen LogP contribution in [0.2, 0.25) is 0 Å². The fraction of sp³-hybridized carbons (Fsp3) is 0.478. The summed E-state index contributed by atoms with van der Waals surface area (Å²) < 4.78 is 4.60. The molecule has 1 fully saturated rings. The lowest BCUT2D eigenvalue weighted by molar-refractivity contribution is -0.140. The summed E-state index contributed by atoms with van der Waals surface area (Å²) in [5, 5.41) is 10.3. The summed E-state index contributed by atoms with van der Waals surface area (Å²) in [4.78, 5) is 25.1. The van der Waals surface area contributed by atoms with Crippen molar-refractivity contribution in [2.75, 3.05) is 13.7 Å². The van der Waals surface area contributed by atoms with Gasteiger partial charge in [0.05, 0.1) is 25.8 Å². The predicted octanol–water partition coefficient (Wildman–Crippen LogP) is 2.87. The molecule has 0 radical (unpaired) electrons. The Kier molecular flexibility index (Phi) is 9.30. The van der Waals surface area contributed by atoms with Crippen LogP contribution >= 0.6 is 0 Å². The Morgan fingerprint density at radius 1 is 1.36 bits per heavy atom. The van der Waals surface area contributed by atoms with E-state index >= 15 is 0 Å². The number of rotatable bonds is 8. The van der Waals surface area contributed by atoms with Crippen molar-refractivity contribution in [2.24, 2.45) is 0 Å². The van der Waals surface area contributed by atoms with Crippen LogP contribution in [-0.4, -0.2) is 47.7 Å². The number of ether oxygens (including phenoxy) is 1. The van der Waals surface area contributed by atoms with E-state index in [9.17, 15) is 14.7 Å². The number of hydrogen-bond donors (Lipinski definition) is 1. The molecule has 1 heterocycles. The maximum absolute atomic E-state index is 12.3. The SMILES string of the molecule is COC(=O)CCCC#CCN1C(=O)CCCC1/C=C/[C@H](O)Cc1ccccc1. The first-order valence-corrected chi connectivity index (χ1v) is 9.82. The van der Waals surface area contributed by atoms with Gasteiger partial charge in [0.25, 0.3) is 0 Å². The molecule has 1 N–H and O–H groups in total. The van der Waals surface area contributed by atoms with Crippen molar-refractivity contribution in [1.82, 2.24) is 4.90 Å². The number of aliphatic hydroxyl groups excluding tert-OH is 1. The first-order chi connectivity index (χ1) is 13.6. The molecule has 1 aliphatic heterocycles. The number of methoxy groups -OCH3 is 1. The van der Waals surface area contributed by atoms with Gasteiger partial charge >= 0.3 is 5.97 Å². The fourth-order valence-corrected chi connectivity index (χ4v) is 3.19. The molecule has 1 aromatic carbocycles. The molecule has 0 aromatic heterocycles. The molecule has 1 aliphatic rings. The topological polar surface area (TPSA) is 66.8 Å². The number of unbranched alkanes of at least 4 members (excludes halogenated alkanes) is 1. The van der Waals surface area contributed by atoms with E-state index in [1.165, 1.54) is 7.11 Å². The number of benzene rings is 1. The van der Waals surface area contributed by atoms with Crippen molar-refractivity contribution in [3.63, 3.8) is 0 Å². The van der Waals surface area contributed by atoms with Gasteiger partial charge in [0.2, 0.25) is 5.91 Å². The van der Waals surface area contributed by atoms with Crippen molar-refractivity contribution in [3.8, 4) is 11.8 Å². The van der Waals surface area contributed by atoms with E-state index in [1.54, 1.807) is 11.0 Å². The van der Waals surface area contributed by atoms with Crippen molar-refractivity contribution in [2.45, 2.75) is 57.1 Å². The number of piperidine rings is 1. The highest BCUT2D eigenvalue weighted by molar-refractivity contribution is 5.78. The number of likely N-dealkylation sites (tertiary alicyclic amines) is 1. The summed E-state index contributed by atoms with van der Waals surface area (Å²) in [7, 11) is 1.38. The minimum Gasteiger partial charge on any atom is -0.469 e. The smallest absolute Gasteiger partial charge is 0.305 e. The molecule has 28 heavy (non-hydrogen) atoms. The highest BCUT2D eigenvalue weighted by atomic mass is 16.5. The van der Waals surface area contributed by atoms with E-state index in [4.69, 9.17) is 0 Å². The van der Waals surface area contributed by atoms with Crippen LogP contribution in [-0.2, 0) is 20.7 Å². The van der Waals surface area contributed by atoms with Crippen LogP contribution in [0.5, 0.6) is 0 Å². The lowest BCUT2D eigenvalue weighted by Gasteiger charge is -2.32. The Balaban J connectivity index is 1.85. The Morgan fingerprint density at radius 2 is 2.14 bits per heavy atom. The van der Waals surface area contributed by atoms with E-state index in [-0.39, 0.29) is 17.9 Å². The van der Waals surface area contributed by atoms with Gasteiger partial charge in [0.1, 0.15) is 0 Å². The van der Waals surface area contributed by atoms with Gasteiger partial charge in [-0.25, -0.2) is 0 Å². The van der Waals surface area contributed by atoms with Gasteiger partial charge in [-0.15, -0.1) is 5.92 Å². The third-order valence-electron chi connectivity index (χ3n) is 4.74. The quantitative estimate of drug-likeness (QED) is 0.324. The molecule has 0 bridgehead atoms. The minimum absolute atomic E-state index is 0.0314. The van der Waals surface area contributed by atoms with Crippen molar-refractivity contribution >= 4 is 11.9 Å². The summed E-state index contributed by atoms with van der Waals surface area (Å²) in [5.74, 6) is 5.94. The van der Waals surface area contributed by atoms with Gasteiger partial charge in [0, 0.05) is 25.7 Å². The Bertz CT molecular complexity index is 717. The van der Waals surface area contributed by atoms with Crippen LogP contribution in [0, 0.1) is 11.8 Å². The Morgan fingerprint density at radius 3 is 2.89 bits per heavy atom. The molecular formula is C23H29NO4. The van der Waals surface area contributed by atoms with Crippen LogP contribution in [0.1, 0.15) is 44.1 Å². The van der Waals surface area contributed by atoms with Gasteiger partial charge < -0.3 is 14.7 Å². The van der Waals surface area contributed by atoms with Gasteiger partial charge in [-0.3, -0.25) is 9.59 Å². The zero-order chi connectivity index (χ0) is 20.2. The van der Waals surface area contributed by atoms with E-state index in [0.29, 0.717) is 38.6 Å². The number of aliphatic hydroxyl groups is 1. The first kappa shape index (κ1) is 21.7. The van der Waals surface area contributed by atoms with Crippen LogP contribution in [0.3, 0.4) is 0 Å². The molecule has 1 aromatic rings. The summed E-state index contributed by atoms with van der Waals surface area (Å²) in [6.07, 6.45) is 7.59.